The summed E-state index contributed by atoms with van der Waals surface area (Å²) in [6, 6.07) is 6.51. The molecule has 3 heteroatoms. The van der Waals surface area contributed by atoms with Gasteiger partial charge in [0, 0.05) is 11.2 Å². The molecule has 0 bridgehead atoms. The molecule has 0 aliphatic carbocycles. The number of fused-ring (bicyclic) bond motifs is 1. The van der Waals surface area contributed by atoms with Gasteiger partial charge in [0.1, 0.15) is 5.54 Å². The number of hydrogen-bond acceptors (Lipinski definition) is 3. The highest BCUT2D eigenvalue weighted by Crippen LogP contribution is 2.47. The quantitative estimate of drug-likeness (QED) is 0.770. The molecule has 0 fully saturated rings. The highest BCUT2D eigenvalue weighted by molar-refractivity contribution is 5.85. The maximum Gasteiger partial charge on any atom is 0.331 e. The Labute approximate surface area is 128 Å². The monoisotopic (exact) mass is 289 g/mol. The molecule has 3 nitrogen and oxygen atoms in total. The molecular weight excluding hydrogens is 262 g/mol. The molecular formula is C18H27NO2. The van der Waals surface area contributed by atoms with Crippen molar-refractivity contribution in [1.82, 2.24) is 0 Å². The van der Waals surface area contributed by atoms with Gasteiger partial charge in [0.2, 0.25) is 0 Å². The fourth-order valence-corrected chi connectivity index (χ4v) is 3.95. The predicted octanol–water partition coefficient (Wildman–Crippen LogP) is 4.04. The van der Waals surface area contributed by atoms with Crippen molar-refractivity contribution in [1.29, 1.82) is 0 Å². The number of carbonyl (C=O) groups is 1. The van der Waals surface area contributed by atoms with E-state index in [4.69, 9.17) is 4.74 Å². The summed E-state index contributed by atoms with van der Waals surface area (Å²) in [7, 11) is 1.46. The SMILES string of the molecule is COC(=O)C(C)(C)N1c2ccc(C)cc2[C@@H](C)CC1(C)C. The third-order valence-corrected chi connectivity index (χ3v) is 4.61. The molecule has 0 amide bonds. The molecule has 1 aliphatic heterocycles. The standard InChI is InChI=1S/C18H27NO2/c1-12-8-9-15-14(10-12)13(2)11-17(3,4)19(15)18(5,6)16(20)21-7/h8-10,13H,11H2,1-7H3/t13-/m0/s1. The first kappa shape index (κ1) is 15.9. The molecule has 0 spiro atoms. The van der Waals surface area contributed by atoms with E-state index in [1.165, 1.54) is 18.2 Å². The zero-order valence-corrected chi connectivity index (χ0v) is 14.3. The van der Waals surface area contributed by atoms with Crippen LogP contribution in [0.25, 0.3) is 0 Å². The Balaban J connectivity index is 2.63. The van der Waals surface area contributed by atoms with Gasteiger partial charge in [-0.1, -0.05) is 24.6 Å². The third-order valence-electron chi connectivity index (χ3n) is 4.61. The number of nitrogens with zero attached hydrogens (tertiary/aromatic N) is 1. The molecule has 1 aliphatic rings. The average Bonchev–Trinajstić information content (AvgIpc) is 2.37. The van der Waals surface area contributed by atoms with Gasteiger partial charge in [-0.15, -0.1) is 0 Å². The van der Waals surface area contributed by atoms with E-state index in [2.05, 4.69) is 50.8 Å². The van der Waals surface area contributed by atoms with Crippen molar-refractivity contribution in [3.05, 3.63) is 29.3 Å². The number of benzene rings is 1. The molecule has 0 saturated heterocycles. The lowest BCUT2D eigenvalue weighted by atomic mass is 9.77. The van der Waals surface area contributed by atoms with E-state index in [1.807, 2.05) is 13.8 Å². The van der Waals surface area contributed by atoms with Crippen molar-refractivity contribution < 1.29 is 9.53 Å². The van der Waals surface area contributed by atoms with Crippen LogP contribution in [0.2, 0.25) is 0 Å². The number of ether oxygens (including phenoxy) is 1. The number of aryl methyl sites for hydroxylation is 1. The highest BCUT2D eigenvalue weighted by Gasteiger charge is 2.47. The van der Waals surface area contributed by atoms with Crippen LogP contribution in [0, 0.1) is 6.92 Å². The topological polar surface area (TPSA) is 29.5 Å². The summed E-state index contributed by atoms with van der Waals surface area (Å²) in [6.45, 7) is 12.7. The van der Waals surface area contributed by atoms with Gasteiger partial charge in [-0.3, -0.25) is 0 Å². The molecule has 0 N–H and O–H groups in total. The smallest absolute Gasteiger partial charge is 0.331 e. The summed E-state index contributed by atoms with van der Waals surface area (Å²) in [4.78, 5) is 14.6. The normalized spacial score (nSPS) is 20.9. The van der Waals surface area contributed by atoms with Crippen LogP contribution < -0.4 is 4.90 Å². The minimum Gasteiger partial charge on any atom is -0.467 e. The summed E-state index contributed by atoms with van der Waals surface area (Å²) in [5.41, 5.74) is 2.95. The summed E-state index contributed by atoms with van der Waals surface area (Å²) in [5.74, 6) is 0.288. The molecule has 1 heterocycles. The second-order valence-corrected chi connectivity index (χ2v) is 7.37. The maximum absolute atomic E-state index is 12.3. The van der Waals surface area contributed by atoms with Gasteiger partial charge in [-0.25, -0.2) is 4.79 Å². The van der Waals surface area contributed by atoms with Crippen molar-refractivity contribution in [3.63, 3.8) is 0 Å². The number of anilines is 1. The minimum absolute atomic E-state index is 0.0979. The van der Waals surface area contributed by atoms with Crippen molar-refractivity contribution in [2.75, 3.05) is 12.0 Å². The molecule has 1 aromatic carbocycles. The Morgan fingerprint density at radius 2 is 2.00 bits per heavy atom. The lowest BCUT2D eigenvalue weighted by Crippen LogP contribution is -2.62. The summed E-state index contributed by atoms with van der Waals surface area (Å²) < 4.78 is 5.05. The molecule has 0 saturated carbocycles. The van der Waals surface area contributed by atoms with E-state index >= 15 is 0 Å². The highest BCUT2D eigenvalue weighted by atomic mass is 16.5. The van der Waals surface area contributed by atoms with Gasteiger partial charge < -0.3 is 9.64 Å². The van der Waals surface area contributed by atoms with E-state index in [0.717, 1.165) is 12.1 Å². The molecule has 21 heavy (non-hydrogen) atoms. The minimum atomic E-state index is -0.692. The van der Waals surface area contributed by atoms with E-state index in [1.54, 1.807) is 0 Å². The fraction of sp³-hybridized carbons (Fsp3) is 0.611. The van der Waals surface area contributed by atoms with Gasteiger partial charge in [0.15, 0.2) is 0 Å². The van der Waals surface area contributed by atoms with E-state index in [-0.39, 0.29) is 11.5 Å². The van der Waals surface area contributed by atoms with Crippen LogP contribution >= 0.6 is 0 Å². The molecule has 0 unspecified atom stereocenters. The van der Waals surface area contributed by atoms with E-state index in [0.29, 0.717) is 5.92 Å². The number of hydrogen-bond donors (Lipinski definition) is 0. The summed E-state index contributed by atoms with van der Waals surface area (Å²) in [5, 5.41) is 0. The van der Waals surface area contributed by atoms with Crippen molar-refractivity contribution in [2.45, 2.75) is 65.0 Å². The van der Waals surface area contributed by atoms with Gasteiger partial charge in [0.25, 0.3) is 0 Å². The first-order valence-corrected chi connectivity index (χ1v) is 7.60. The van der Waals surface area contributed by atoms with Crippen molar-refractivity contribution >= 4 is 11.7 Å². The zero-order valence-electron chi connectivity index (χ0n) is 14.3. The number of rotatable bonds is 2. The lowest BCUT2D eigenvalue weighted by molar-refractivity contribution is -0.146. The third kappa shape index (κ3) is 2.54. The second-order valence-electron chi connectivity index (χ2n) is 7.37. The van der Waals surface area contributed by atoms with Crippen LogP contribution in [-0.2, 0) is 9.53 Å². The first-order valence-electron chi connectivity index (χ1n) is 7.60. The number of esters is 1. The van der Waals surface area contributed by atoms with Crippen LogP contribution in [0.3, 0.4) is 0 Å². The van der Waals surface area contributed by atoms with E-state index < -0.39 is 5.54 Å². The van der Waals surface area contributed by atoms with Crippen LogP contribution in [0.15, 0.2) is 18.2 Å². The van der Waals surface area contributed by atoms with Gasteiger partial charge in [0.05, 0.1) is 7.11 Å². The molecule has 2 rings (SSSR count). The van der Waals surface area contributed by atoms with Crippen molar-refractivity contribution in [3.8, 4) is 0 Å². The molecule has 0 aromatic heterocycles. The van der Waals surface area contributed by atoms with Crippen LogP contribution in [0.1, 0.15) is 58.1 Å². The predicted molar refractivity (Wildman–Crippen MR) is 86.9 cm³/mol. The van der Waals surface area contributed by atoms with Crippen molar-refractivity contribution in [2.24, 2.45) is 0 Å². The summed E-state index contributed by atoms with van der Waals surface area (Å²) >= 11 is 0. The van der Waals surface area contributed by atoms with Crippen LogP contribution in [0.4, 0.5) is 5.69 Å². The Hall–Kier alpha value is -1.51. The first-order chi connectivity index (χ1) is 9.61. The Kier molecular flexibility index (Phi) is 3.81. The largest absolute Gasteiger partial charge is 0.467 e. The Morgan fingerprint density at radius 3 is 2.57 bits per heavy atom. The zero-order chi connectivity index (χ0) is 16.0. The lowest BCUT2D eigenvalue weighted by Gasteiger charge is -2.53. The molecule has 0 radical (unpaired) electrons. The Morgan fingerprint density at radius 1 is 1.38 bits per heavy atom. The van der Waals surface area contributed by atoms with Crippen LogP contribution in [-0.4, -0.2) is 24.2 Å². The van der Waals surface area contributed by atoms with Gasteiger partial charge in [-0.05, 0) is 58.6 Å². The fourth-order valence-electron chi connectivity index (χ4n) is 3.95. The average molecular weight is 289 g/mol. The van der Waals surface area contributed by atoms with Gasteiger partial charge >= 0.3 is 5.97 Å². The van der Waals surface area contributed by atoms with Crippen LogP contribution in [0.5, 0.6) is 0 Å². The second kappa shape index (κ2) is 5.04. The van der Waals surface area contributed by atoms with Gasteiger partial charge in [-0.2, -0.15) is 0 Å². The maximum atomic E-state index is 12.3. The number of methoxy groups -OCH3 is 1. The summed E-state index contributed by atoms with van der Waals surface area (Å²) in [6.07, 6.45) is 1.02. The Bertz CT molecular complexity index is 560. The molecule has 1 aromatic rings. The molecule has 1 atom stereocenters. The van der Waals surface area contributed by atoms with E-state index in [9.17, 15) is 4.79 Å². The molecule has 116 valence electrons. The number of carbonyl (C=O) groups excluding carboxylic acids is 1.